The second kappa shape index (κ2) is 9.57. The van der Waals surface area contributed by atoms with Crippen LogP contribution in [0.15, 0.2) is 52.7 Å². The topological polar surface area (TPSA) is 23.8 Å². The molecule has 0 radical (unpaired) electrons. The van der Waals surface area contributed by atoms with Gasteiger partial charge in [0, 0.05) is 16.0 Å². The molecule has 0 saturated carbocycles. The Balaban J connectivity index is 2.02. The number of thiocyanates is 1. The Morgan fingerprint density at radius 1 is 1.21 bits per heavy atom. The molecule has 1 aliphatic carbocycles. The first-order chi connectivity index (χ1) is 11.6. The molecular weight excluding hydrogens is 344 g/mol. The highest BCUT2D eigenvalue weighted by Gasteiger charge is 2.28. The van der Waals surface area contributed by atoms with Gasteiger partial charge >= 0.3 is 0 Å². The van der Waals surface area contributed by atoms with Crippen molar-refractivity contribution in [3.63, 3.8) is 0 Å². The minimum atomic E-state index is -1.54. The van der Waals surface area contributed by atoms with Crippen LogP contribution in [0.25, 0.3) is 0 Å². The summed E-state index contributed by atoms with van der Waals surface area (Å²) in [5.41, 5.74) is 1.10. The molecule has 1 aromatic carbocycles. The number of rotatable bonds is 5. The normalized spacial score (nSPS) is 19.6. The van der Waals surface area contributed by atoms with Gasteiger partial charge in [-0.1, -0.05) is 25.2 Å². The van der Waals surface area contributed by atoms with Crippen LogP contribution in [-0.2, 0) is 0 Å². The molecule has 5 heteroatoms. The van der Waals surface area contributed by atoms with E-state index in [0.717, 1.165) is 11.3 Å². The van der Waals surface area contributed by atoms with Gasteiger partial charge in [0.1, 0.15) is 22.6 Å². The number of allylic oxidation sites excluding steroid dienone is 3. The van der Waals surface area contributed by atoms with Crippen molar-refractivity contribution in [2.24, 2.45) is 0 Å². The molecule has 2 rings (SSSR count). The molecule has 0 N–H and O–H groups in total. The van der Waals surface area contributed by atoms with Crippen molar-refractivity contribution in [3.8, 4) is 17.2 Å². The number of hydrogen-bond donors (Lipinski definition) is 0. The first kappa shape index (κ1) is 18.6. The molecule has 0 fully saturated rings. The van der Waals surface area contributed by atoms with E-state index in [0.29, 0.717) is 17.3 Å². The van der Waals surface area contributed by atoms with Crippen molar-refractivity contribution >= 4 is 23.5 Å². The van der Waals surface area contributed by atoms with Crippen molar-refractivity contribution in [1.29, 1.82) is 5.26 Å². The number of nitriles is 1. The van der Waals surface area contributed by atoms with Crippen LogP contribution in [0.3, 0.4) is 0 Å². The van der Waals surface area contributed by atoms with Crippen LogP contribution in [0.2, 0.25) is 0 Å². The Bertz CT molecular complexity index is 720. The maximum absolute atomic E-state index is 13.9. The number of benzene rings is 1. The molecule has 1 aromatic rings. The smallest absolute Gasteiger partial charge is 0.139 e. The van der Waals surface area contributed by atoms with Crippen LogP contribution >= 0.6 is 23.5 Å². The zero-order valence-corrected chi connectivity index (χ0v) is 14.9. The van der Waals surface area contributed by atoms with Crippen molar-refractivity contribution in [3.05, 3.63) is 53.4 Å². The predicted molar refractivity (Wildman–Crippen MR) is 98.1 cm³/mol. The summed E-state index contributed by atoms with van der Waals surface area (Å²) >= 11 is 2.40. The average molecular weight is 361 g/mol. The Morgan fingerprint density at radius 3 is 2.58 bits per heavy atom. The quantitative estimate of drug-likeness (QED) is 0.293. The van der Waals surface area contributed by atoms with Gasteiger partial charge in [0.25, 0.3) is 0 Å². The summed E-state index contributed by atoms with van der Waals surface area (Å²) in [7, 11) is 0. The standard InChI is InChI=1S/C19H17F2NS2/c1-2-3-10-23-16-8-6-14(7-9-16)4-5-15-11-17(20)19(24-13-22)18(21)12-15/h6-9,11-12,17,19H,2-3,10H2,1H3. The number of unbranched alkanes of at least 4 members (excludes halogenated alkanes) is 1. The van der Waals surface area contributed by atoms with Gasteiger partial charge in [-0.3, -0.25) is 0 Å². The monoisotopic (exact) mass is 361 g/mol. The molecule has 2 unspecified atom stereocenters. The summed E-state index contributed by atoms with van der Waals surface area (Å²) in [5.74, 6) is 6.15. The third kappa shape index (κ3) is 5.44. The summed E-state index contributed by atoms with van der Waals surface area (Å²) in [6.45, 7) is 2.17. The summed E-state index contributed by atoms with van der Waals surface area (Å²) in [4.78, 5) is 1.19. The lowest BCUT2D eigenvalue weighted by molar-refractivity contribution is 0.377. The van der Waals surface area contributed by atoms with Crippen LogP contribution < -0.4 is 0 Å². The Hall–Kier alpha value is -1.69. The van der Waals surface area contributed by atoms with E-state index >= 15 is 0 Å². The van der Waals surface area contributed by atoms with Gasteiger partial charge < -0.3 is 0 Å². The lowest BCUT2D eigenvalue weighted by Crippen LogP contribution is -2.20. The number of nitrogens with zero attached hydrogens (tertiary/aromatic N) is 1. The first-order valence-corrected chi connectivity index (χ1v) is 9.53. The van der Waals surface area contributed by atoms with Gasteiger partial charge in [0.2, 0.25) is 0 Å². The highest BCUT2D eigenvalue weighted by atomic mass is 32.2. The van der Waals surface area contributed by atoms with Gasteiger partial charge in [-0.15, -0.1) is 11.8 Å². The predicted octanol–water partition coefficient (Wildman–Crippen LogP) is 5.64. The van der Waals surface area contributed by atoms with Crippen LogP contribution in [0, 0.1) is 22.5 Å². The average Bonchev–Trinajstić information content (AvgIpc) is 2.58. The van der Waals surface area contributed by atoms with E-state index in [1.807, 2.05) is 36.0 Å². The van der Waals surface area contributed by atoms with Crippen LogP contribution in [-0.4, -0.2) is 17.2 Å². The largest absolute Gasteiger partial charge is 0.241 e. The highest BCUT2D eigenvalue weighted by molar-refractivity contribution is 8.04. The van der Waals surface area contributed by atoms with E-state index in [1.54, 1.807) is 5.40 Å². The molecule has 0 heterocycles. The van der Waals surface area contributed by atoms with Gasteiger partial charge in [-0.25, -0.2) is 8.78 Å². The number of halogens is 2. The number of thioether (sulfide) groups is 2. The van der Waals surface area contributed by atoms with Gasteiger partial charge in [-0.2, -0.15) is 5.26 Å². The lowest BCUT2D eigenvalue weighted by Gasteiger charge is -2.17. The van der Waals surface area contributed by atoms with Crippen LogP contribution in [0.4, 0.5) is 8.78 Å². The molecule has 124 valence electrons. The molecule has 0 aromatic heterocycles. The second-order valence-corrected chi connectivity index (χ2v) is 7.30. The highest BCUT2D eigenvalue weighted by Crippen LogP contribution is 2.31. The molecule has 0 saturated heterocycles. The second-order valence-electron chi connectivity index (χ2n) is 5.20. The number of hydrogen-bond acceptors (Lipinski definition) is 3. The molecule has 0 amide bonds. The molecule has 24 heavy (non-hydrogen) atoms. The number of alkyl halides is 1. The van der Waals surface area contributed by atoms with Crippen molar-refractivity contribution in [1.82, 2.24) is 0 Å². The maximum Gasteiger partial charge on any atom is 0.139 e. The molecule has 0 aliphatic heterocycles. The Morgan fingerprint density at radius 2 is 1.96 bits per heavy atom. The lowest BCUT2D eigenvalue weighted by atomic mass is 10.0. The molecule has 0 spiro atoms. The Labute approximate surface area is 150 Å². The summed E-state index contributed by atoms with van der Waals surface area (Å²) in [5, 5.41) is 9.20. The van der Waals surface area contributed by atoms with E-state index in [1.165, 1.54) is 29.9 Å². The molecule has 2 atom stereocenters. The zero-order chi connectivity index (χ0) is 17.4. The van der Waals surface area contributed by atoms with E-state index in [-0.39, 0.29) is 0 Å². The fourth-order valence-corrected chi connectivity index (χ4v) is 3.56. The summed E-state index contributed by atoms with van der Waals surface area (Å²) < 4.78 is 27.7. The SMILES string of the molecule is CCCCSc1ccc(C#CC2=CC(F)C(SC#N)C(F)=C2)cc1. The van der Waals surface area contributed by atoms with Crippen molar-refractivity contribution in [2.75, 3.05) is 5.75 Å². The van der Waals surface area contributed by atoms with E-state index in [2.05, 4.69) is 18.8 Å². The fraction of sp³-hybridized carbons (Fsp3) is 0.316. The third-order valence-corrected chi connectivity index (χ3v) is 5.29. The molecule has 0 bridgehead atoms. The van der Waals surface area contributed by atoms with Gasteiger partial charge in [-0.05, 0) is 60.4 Å². The fourth-order valence-electron chi connectivity index (χ4n) is 2.06. The van der Waals surface area contributed by atoms with Gasteiger partial charge in [0.15, 0.2) is 0 Å². The minimum absolute atomic E-state index is 0.302. The van der Waals surface area contributed by atoms with Crippen LogP contribution in [0.1, 0.15) is 25.3 Å². The van der Waals surface area contributed by atoms with Gasteiger partial charge in [0.05, 0.1) is 0 Å². The first-order valence-electron chi connectivity index (χ1n) is 7.66. The van der Waals surface area contributed by atoms with Crippen molar-refractivity contribution < 1.29 is 8.78 Å². The molecule has 1 aliphatic rings. The Kier molecular flexibility index (Phi) is 7.43. The minimum Gasteiger partial charge on any atom is -0.241 e. The zero-order valence-electron chi connectivity index (χ0n) is 13.3. The molecule has 1 nitrogen and oxygen atoms in total. The summed E-state index contributed by atoms with van der Waals surface area (Å²) in [6, 6.07) is 7.83. The third-order valence-electron chi connectivity index (χ3n) is 3.34. The van der Waals surface area contributed by atoms with E-state index in [4.69, 9.17) is 5.26 Å². The van der Waals surface area contributed by atoms with Crippen LogP contribution in [0.5, 0.6) is 0 Å². The summed E-state index contributed by atoms with van der Waals surface area (Å²) in [6.07, 6.45) is 3.29. The van der Waals surface area contributed by atoms with E-state index < -0.39 is 17.2 Å². The van der Waals surface area contributed by atoms with Crippen molar-refractivity contribution in [2.45, 2.75) is 36.1 Å². The van der Waals surface area contributed by atoms with E-state index in [9.17, 15) is 8.78 Å². The molecular formula is C19H17F2NS2. The maximum atomic E-state index is 13.9.